The fourth-order valence-electron chi connectivity index (χ4n) is 4.17. The molecule has 2 aromatic carbocycles. The van der Waals surface area contributed by atoms with Crippen LogP contribution in [0.25, 0.3) is 10.9 Å². The zero-order valence-electron chi connectivity index (χ0n) is 21.6. The SMILES string of the molecule is CCC(C)C(NC(=O)C(Cc1c[nH]c2ccccc12)NC(=O)CNC(=O)C(N)Cc1ccccc1)C(=O)O. The molecular weight excluding hydrogens is 486 g/mol. The van der Waals surface area contributed by atoms with Gasteiger partial charge >= 0.3 is 5.97 Å². The van der Waals surface area contributed by atoms with Crippen molar-refractivity contribution in [1.82, 2.24) is 20.9 Å². The van der Waals surface area contributed by atoms with E-state index in [-0.39, 0.29) is 18.9 Å². The molecule has 38 heavy (non-hydrogen) atoms. The number of carboxylic acid groups (broad SMARTS) is 1. The van der Waals surface area contributed by atoms with E-state index in [4.69, 9.17) is 5.73 Å². The lowest BCUT2D eigenvalue weighted by atomic mass is 9.98. The average molecular weight is 522 g/mol. The van der Waals surface area contributed by atoms with Gasteiger partial charge in [-0.15, -0.1) is 0 Å². The second kappa shape index (κ2) is 13.4. The van der Waals surface area contributed by atoms with Crippen LogP contribution in [0.2, 0.25) is 0 Å². The molecule has 4 unspecified atom stereocenters. The summed E-state index contributed by atoms with van der Waals surface area (Å²) >= 11 is 0. The van der Waals surface area contributed by atoms with Gasteiger partial charge < -0.3 is 31.8 Å². The smallest absolute Gasteiger partial charge is 0.326 e. The first-order chi connectivity index (χ1) is 18.2. The highest BCUT2D eigenvalue weighted by Crippen LogP contribution is 2.19. The van der Waals surface area contributed by atoms with Crippen LogP contribution in [-0.2, 0) is 32.0 Å². The maximum absolute atomic E-state index is 13.2. The molecule has 4 atom stereocenters. The number of hydrogen-bond acceptors (Lipinski definition) is 5. The lowest BCUT2D eigenvalue weighted by molar-refractivity contribution is -0.143. The van der Waals surface area contributed by atoms with Crippen LogP contribution in [-0.4, -0.2) is 58.5 Å². The third kappa shape index (κ3) is 7.66. The molecule has 0 radical (unpaired) electrons. The Labute approximate surface area is 221 Å². The molecule has 0 bridgehead atoms. The summed E-state index contributed by atoms with van der Waals surface area (Å²) in [4.78, 5) is 53.3. The minimum Gasteiger partial charge on any atom is -0.480 e. The highest BCUT2D eigenvalue weighted by atomic mass is 16.4. The van der Waals surface area contributed by atoms with Crippen molar-refractivity contribution in [3.05, 3.63) is 71.9 Å². The van der Waals surface area contributed by atoms with Gasteiger partial charge in [-0.1, -0.05) is 68.8 Å². The number of para-hydroxylation sites is 1. The Morgan fingerprint density at radius 3 is 2.32 bits per heavy atom. The van der Waals surface area contributed by atoms with E-state index in [1.807, 2.05) is 61.5 Å². The Balaban J connectivity index is 1.68. The molecule has 0 spiro atoms. The zero-order valence-corrected chi connectivity index (χ0v) is 21.6. The molecule has 0 aliphatic heterocycles. The van der Waals surface area contributed by atoms with Gasteiger partial charge in [0.25, 0.3) is 0 Å². The predicted molar refractivity (Wildman–Crippen MR) is 144 cm³/mol. The Morgan fingerprint density at radius 2 is 1.63 bits per heavy atom. The number of carbonyl (C=O) groups excluding carboxylic acids is 3. The fraction of sp³-hybridized carbons (Fsp3) is 0.357. The van der Waals surface area contributed by atoms with E-state index in [1.165, 1.54) is 0 Å². The Kier molecular flexibility index (Phi) is 10.0. The number of fused-ring (bicyclic) bond motifs is 1. The van der Waals surface area contributed by atoms with E-state index in [0.717, 1.165) is 22.0 Å². The summed E-state index contributed by atoms with van der Waals surface area (Å²) in [5.41, 5.74) is 8.53. The Bertz CT molecular complexity index is 1260. The quantitative estimate of drug-likeness (QED) is 0.199. The number of rotatable bonds is 13. The van der Waals surface area contributed by atoms with Gasteiger partial charge in [-0.25, -0.2) is 4.79 Å². The molecule has 0 saturated heterocycles. The van der Waals surface area contributed by atoms with Gasteiger partial charge in [0.05, 0.1) is 12.6 Å². The standard InChI is InChI=1S/C28H35N5O5/c1-3-17(2)25(28(37)38)33-27(36)23(14-19-15-30-22-12-8-7-11-20(19)22)32-24(34)16-31-26(35)21(29)13-18-9-5-4-6-10-18/h4-12,15,17,21,23,25,30H,3,13-14,16,29H2,1-2H3,(H,31,35)(H,32,34)(H,33,36)(H,37,38). The normalized spacial score (nSPS) is 14.2. The van der Waals surface area contributed by atoms with Gasteiger partial charge in [0.2, 0.25) is 17.7 Å². The van der Waals surface area contributed by atoms with E-state index < -0.39 is 41.8 Å². The van der Waals surface area contributed by atoms with E-state index in [1.54, 1.807) is 13.1 Å². The number of H-pyrrole nitrogens is 1. The lowest BCUT2D eigenvalue weighted by Gasteiger charge is -2.24. The van der Waals surface area contributed by atoms with Gasteiger partial charge in [-0.2, -0.15) is 0 Å². The third-order valence-corrected chi connectivity index (χ3v) is 6.59. The zero-order chi connectivity index (χ0) is 27.7. The molecule has 0 aliphatic carbocycles. The van der Waals surface area contributed by atoms with Crippen LogP contribution in [0.5, 0.6) is 0 Å². The number of carboxylic acids is 1. The van der Waals surface area contributed by atoms with Crippen LogP contribution in [0.1, 0.15) is 31.4 Å². The molecule has 3 aromatic rings. The van der Waals surface area contributed by atoms with Crippen LogP contribution in [0.15, 0.2) is 60.8 Å². The molecule has 3 rings (SSSR count). The first-order valence-electron chi connectivity index (χ1n) is 12.6. The molecule has 0 saturated carbocycles. The van der Waals surface area contributed by atoms with Gasteiger partial charge in [0, 0.05) is 23.5 Å². The third-order valence-electron chi connectivity index (χ3n) is 6.59. The van der Waals surface area contributed by atoms with E-state index in [0.29, 0.717) is 12.8 Å². The highest BCUT2D eigenvalue weighted by Gasteiger charge is 2.30. The average Bonchev–Trinajstić information content (AvgIpc) is 3.32. The van der Waals surface area contributed by atoms with Crippen LogP contribution < -0.4 is 21.7 Å². The molecule has 202 valence electrons. The van der Waals surface area contributed by atoms with Crippen LogP contribution >= 0.6 is 0 Å². The van der Waals surface area contributed by atoms with Crippen LogP contribution in [0, 0.1) is 5.92 Å². The van der Waals surface area contributed by atoms with E-state index in [9.17, 15) is 24.3 Å². The Morgan fingerprint density at radius 1 is 0.947 bits per heavy atom. The van der Waals surface area contributed by atoms with Gasteiger partial charge in [0.15, 0.2) is 0 Å². The number of hydrogen-bond donors (Lipinski definition) is 6. The van der Waals surface area contributed by atoms with Crippen molar-refractivity contribution < 1.29 is 24.3 Å². The predicted octanol–water partition coefficient (Wildman–Crippen LogP) is 1.50. The minimum absolute atomic E-state index is 0.121. The van der Waals surface area contributed by atoms with Gasteiger partial charge in [-0.05, 0) is 29.5 Å². The largest absolute Gasteiger partial charge is 0.480 e. The minimum atomic E-state index is -1.15. The van der Waals surface area contributed by atoms with Crippen LogP contribution in [0.4, 0.5) is 0 Å². The van der Waals surface area contributed by atoms with Crippen molar-refractivity contribution in [2.75, 3.05) is 6.54 Å². The van der Waals surface area contributed by atoms with Crippen molar-refractivity contribution in [2.24, 2.45) is 11.7 Å². The number of nitrogens with one attached hydrogen (secondary N) is 4. The molecule has 10 nitrogen and oxygen atoms in total. The summed E-state index contributed by atoms with van der Waals surface area (Å²) < 4.78 is 0. The van der Waals surface area contributed by atoms with E-state index >= 15 is 0 Å². The summed E-state index contributed by atoms with van der Waals surface area (Å²) in [5.74, 6) is -3.18. The van der Waals surface area contributed by atoms with Crippen molar-refractivity contribution >= 4 is 34.6 Å². The molecule has 0 aliphatic rings. The first kappa shape index (κ1) is 28.4. The van der Waals surface area contributed by atoms with Crippen LogP contribution in [0.3, 0.4) is 0 Å². The number of carbonyl (C=O) groups is 4. The molecule has 1 aromatic heterocycles. The highest BCUT2D eigenvalue weighted by molar-refractivity contribution is 5.93. The topological polar surface area (TPSA) is 166 Å². The van der Waals surface area contributed by atoms with Gasteiger partial charge in [-0.3, -0.25) is 14.4 Å². The van der Waals surface area contributed by atoms with E-state index in [2.05, 4.69) is 20.9 Å². The van der Waals surface area contributed by atoms with Gasteiger partial charge in [0.1, 0.15) is 12.1 Å². The number of benzene rings is 2. The molecule has 0 fully saturated rings. The summed E-state index contributed by atoms with van der Waals surface area (Å²) in [6, 6.07) is 13.8. The number of aromatic amines is 1. The maximum atomic E-state index is 13.2. The Hall–Kier alpha value is -4.18. The molecule has 7 N–H and O–H groups in total. The summed E-state index contributed by atoms with van der Waals surface area (Å²) in [6.07, 6.45) is 2.73. The number of amides is 3. The van der Waals surface area contributed by atoms with Crippen molar-refractivity contribution in [3.63, 3.8) is 0 Å². The molecule has 3 amide bonds. The van der Waals surface area contributed by atoms with Crippen molar-refractivity contribution in [1.29, 1.82) is 0 Å². The van der Waals surface area contributed by atoms with Crippen molar-refractivity contribution in [2.45, 2.75) is 51.2 Å². The fourth-order valence-corrected chi connectivity index (χ4v) is 4.17. The summed E-state index contributed by atoms with van der Waals surface area (Å²) in [6.45, 7) is 3.19. The number of aliphatic carboxylic acids is 1. The second-order valence-corrected chi connectivity index (χ2v) is 9.41. The molecule has 10 heteroatoms. The van der Waals surface area contributed by atoms with Crippen molar-refractivity contribution in [3.8, 4) is 0 Å². The lowest BCUT2D eigenvalue weighted by Crippen LogP contribution is -2.55. The summed E-state index contributed by atoms with van der Waals surface area (Å²) in [7, 11) is 0. The summed E-state index contributed by atoms with van der Waals surface area (Å²) in [5, 5.41) is 18.2. The monoisotopic (exact) mass is 521 g/mol. The molecule has 1 heterocycles. The number of aromatic nitrogens is 1. The maximum Gasteiger partial charge on any atom is 0.326 e. The number of nitrogens with two attached hydrogens (primary N) is 1. The second-order valence-electron chi connectivity index (χ2n) is 9.41. The molecular formula is C28H35N5O5. The first-order valence-corrected chi connectivity index (χ1v) is 12.6.